The zero-order valence-electron chi connectivity index (χ0n) is 22.6. The second kappa shape index (κ2) is 15.2. The summed E-state index contributed by atoms with van der Waals surface area (Å²) in [6.07, 6.45) is 13.8. The third kappa shape index (κ3) is 8.44. The van der Waals surface area contributed by atoms with Gasteiger partial charge in [0.1, 0.15) is 5.82 Å². The Kier molecular flexibility index (Phi) is 11.7. The second-order valence-corrected chi connectivity index (χ2v) is 9.99. The van der Waals surface area contributed by atoms with Gasteiger partial charge in [0.05, 0.1) is 12.1 Å². The molecule has 0 radical (unpaired) electrons. The van der Waals surface area contributed by atoms with Crippen molar-refractivity contribution in [2.75, 3.05) is 0 Å². The largest absolute Gasteiger partial charge is 0.478 e. The van der Waals surface area contributed by atoms with E-state index in [2.05, 4.69) is 13.8 Å². The summed E-state index contributed by atoms with van der Waals surface area (Å²) in [5.41, 5.74) is 2.80. The third-order valence-corrected chi connectivity index (χ3v) is 6.99. The van der Waals surface area contributed by atoms with Crippen molar-refractivity contribution in [3.8, 4) is 11.1 Å². The molecule has 1 aromatic heterocycles. The van der Waals surface area contributed by atoms with Crippen LogP contribution < -0.4 is 5.69 Å². The molecule has 3 rings (SSSR count). The van der Waals surface area contributed by atoms with Crippen LogP contribution in [0.4, 0.5) is 0 Å². The molecular weight excluding hydrogens is 462 g/mol. The predicted octanol–water partition coefficient (Wildman–Crippen LogP) is 7.33. The lowest BCUT2D eigenvalue weighted by molar-refractivity contribution is 0.0697. The number of hydrogen-bond donors (Lipinski definition) is 1. The zero-order chi connectivity index (χ0) is 26.5. The molecule has 0 aliphatic carbocycles. The summed E-state index contributed by atoms with van der Waals surface area (Å²) in [6, 6.07) is 14.9. The van der Waals surface area contributed by atoms with Crippen LogP contribution in [0.5, 0.6) is 0 Å². The Bertz CT molecular complexity index is 1160. The fourth-order valence-corrected chi connectivity index (χ4v) is 4.80. The standard InChI is InChI=1S/C31H43N3O3/c1-3-5-7-9-11-15-23-34-31(37)33(29(32-34)18-12-10-8-6-4-2)24-25-19-21-26(22-20-25)27-16-13-14-17-28(27)30(35)36/h13-14,16-17,19-22H,3-12,15,18,23-24H2,1-2H3,(H,35,36). The molecule has 0 saturated carbocycles. The van der Waals surface area contributed by atoms with Gasteiger partial charge in [-0.1, -0.05) is 114 Å². The van der Waals surface area contributed by atoms with Crippen LogP contribution in [0.25, 0.3) is 11.1 Å². The predicted molar refractivity (Wildman–Crippen MR) is 150 cm³/mol. The summed E-state index contributed by atoms with van der Waals surface area (Å²) < 4.78 is 3.50. The van der Waals surface area contributed by atoms with Crippen molar-refractivity contribution in [2.45, 2.75) is 104 Å². The topological polar surface area (TPSA) is 77.1 Å². The summed E-state index contributed by atoms with van der Waals surface area (Å²) in [7, 11) is 0. The minimum Gasteiger partial charge on any atom is -0.478 e. The molecular formula is C31H43N3O3. The number of carbonyl (C=O) groups is 1. The molecule has 0 fully saturated rings. The first kappa shape index (κ1) is 28.4. The van der Waals surface area contributed by atoms with Crippen molar-refractivity contribution in [2.24, 2.45) is 0 Å². The number of rotatable bonds is 17. The van der Waals surface area contributed by atoms with Gasteiger partial charge in [0.2, 0.25) is 0 Å². The average molecular weight is 506 g/mol. The SMILES string of the molecule is CCCCCCCCn1nc(CCCCCCC)n(Cc2ccc(-c3ccccc3C(=O)O)cc2)c1=O. The highest BCUT2D eigenvalue weighted by Gasteiger charge is 2.15. The number of aromatic carboxylic acids is 1. The lowest BCUT2D eigenvalue weighted by Crippen LogP contribution is -2.26. The van der Waals surface area contributed by atoms with Gasteiger partial charge in [0.15, 0.2) is 0 Å². The number of aromatic nitrogens is 3. The molecule has 6 nitrogen and oxygen atoms in total. The molecule has 200 valence electrons. The summed E-state index contributed by atoms with van der Waals surface area (Å²) >= 11 is 0. The fourth-order valence-electron chi connectivity index (χ4n) is 4.80. The van der Waals surface area contributed by atoms with E-state index in [9.17, 15) is 14.7 Å². The molecule has 0 saturated heterocycles. The van der Waals surface area contributed by atoms with E-state index in [1.165, 1.54) is 44.9 Å². The number of carboxylic acids is 1. The Morgan fingerprint density at radius 2 is 1.43 bits per heavy atom. The fraction of sp³-hybridized carbons (Fsp3) is 0.516. The van der Waals surface area contributed by atoms with Gasteiger partial charge in [-0.15, -0.1) is 0 Å². The van der Waals surface area contributed by atoms with E-state index in [4.69, 9.17) is 5.10 Å². The summed E-state index contributed by atoms with van der Waals surface area (Å²) in [5, 5.41) is 14.3. The normalized spacial score (nSPS) is 11.2. The summed E-state index contributed by atoms with van der Waals surface area (Å²) in [6.45, 7) is 5.58. The maximum atomic E-state index is 13.3. The maximum Gasteiger partial charge on any atom is 0.346 e. The van der Waals surface area contributed by atoms with E-state index >= 15 is 0 Å². The monoisotopic (exact) mass is 505 g/mol. The number of carboxylic acid groups (broad SMARTS) is 1. The van der Waals surface area contributed by atoms with Gasteiger partial charge in [-0.2, -0.15) is 5.10 Å². The molecule has 6 heteroatoms. The molecule has 1 heterocycles. The Hall–Kier alpha value is -3.15. The van der Waals surface area contributed by atoms with Crippen LogP contribution in [-0.4, -0.2) is 25.4 Å². The second-order valence-electron chi connectivity index (χ2n) is 9.99. The molecule has 0 bridgehead atoms. The van der Waals surface area contributed by atoms with Crippen LogP contribution in [-0.2, 0) is 19.5 Å². The highest BCUT2D eigenvalue weighted by Crippen LogP contribution is 2.24. The van der Waals surface area contributed by atoms with Crippen LogP contribution >= 0.6 is 0 Å². The lowest BCUT2D eigenvalue weighted by atomic mass is 9.99. The Labute approximate surface area is 221 Å². The number of benzene rings is 2. The summed E-state index contributed by atoms with van der Waals surface area (Å²) in [4.78, 5) is 24.9. The van der Waals surface area contributed by atoms with Gasteiger partial charge >= 0.3 is 11.7 Å². The first-order chi connectivity index (χ1) is 18.0. The first-order valence-corrected chi connectivity index (χ1v) is 14.1. The van der Waals surface area contributed by atoms with E-state index in [1.54, 1.807) is 16.8 Å². The third-order valence-electron chi connectivity index (χ3n) is 6.99. The quantitative estimate of drug-likeness (QED) is 0.195. The summed E-state index contributed by atoms with van der Waals surface area (Å²) in [5.74, 6) is -0.0691. The Morgan fingerprint density at radius 3 is 2.11 bits per heavy atom. The average Bonchev–Trinajstić information content (AvgIpc) is 3.20. The number of hydrogen-bond acceptors (Lipinski definition) is 3. The van der Waals surface area contributed by atoms with Crippen molar-refractivity contribution in [3.05, 3.63) is 76.0 Å². The molecule has 37 heavy (non-hydrogen) atoms. The molecule has 3 aromatic rings. The Morgan fingerprint density at radius 1 is 0.811 bits per heavy atom. The van der Waals surface area contributed by atoms with Gasteiger partial charge in [-0.25, -0.2) is 14.3 Å². The number of nitrogens with zero attached hydrogens (tertiary/aromatic N) is 3. The smallest absolute Gasteiger partial charge is 0.346 e. The van der Waals surface area contributed by atoms with E-state index in [1.807, 2.05) is 41.0 Å². The van der Waals surface area contributed by atoms with E-state index < -0.39 is 5.97 Å². The zero-order valence-corrected chi connectivity index (χ0v) is 22.6. The molecule has 1 N–H and O–H groups in total. The Balaban J connectivity index is 1.74. The van der Waals surface area contributed by atoms with Gasteiger partial charge in [0.25, 0.3) is 0 Å². The lowest BCUT2D eigenvalue weighted by Gasteiger charge is -2.09. The minimum atomic E-state index is -0.937. The molecule has 0 unspecified atom stereocenters. The first-order valence-electron chi connectivity index (χ1n) is 14.1. The van der Waals surface area contributed by atoms with Crippen LogP contribution in [0.1, 0.15) is 106 Å². The molecule has 0 amide bonds. The van der Waals surface area contributed by atoms with Crippen molar-refractivity contribution in [1.29, 1.82) is 0 Å². The van der Waals surface area contributed by atoms with E-state index in [0.29, 0.717) is 18.7 Å². The minimum absolute atomic E-state index is 0.0302. The van der Waals surface area contributed by atoms with Gasteiger partial charge in [-0.3, -0.25) is 4.57 Å². The van der Waals surface area contributed by atoms with Gasteiger partial charge in [0, 0.05) is 13.0 Å². The molecule has 2 aromatic carbocycles. The van der Waals surface area contributed by atoms with Crippen molar-refractivity contribution >= 4 is 5.97 Å². The highest BCUT2D eigenvalue weighted by atomic mass is 16.4. The molecule has 0 aliphatic heterocycles. The maximum absolute atomic E-state index is 13.3. The highest BCUT2D eigenvalue weighted by molar-refractivity contribution is 5.95. The van der Waals surface area contributed by atoms with E-state index in [0.717, 1.165) is 49.1 Å². The number of aryl methyl sites for hydroxylation is 2. The molecule has 0 spiro atoms. The van der Waals surface area contributed by atoms with E-state index in [-0.39, 0.29) is 11.3 Å². The van der Waals surface area contributed by atoms with Gasteiger partial charge in [-0.05, 0) is 35.6 Å². The number of unbranched alkanes of at least 4 members (excludes halogenated alkanes) is 9. The molecule has 0 aliphatic rings. The van der Waals surface area contributed by atoms with Crippen molar-refractivity contribution < 1.29 is 9.90 Å². The van der Waals surface area contributed by atoms with Crippen LogP contribution in [0.3, 0.4) is 0 Å². The molecule has 0 atom stereocenters. The van der Waals surface area contributed by atoms with Crippen molar-refractivity contribution in [3.63, 3.8) is 0 Å². The van der Waals surface area contributed by atoms with Crippen LogP contribution in [0.15, 0.2) is 53.3 Å². The van der Waals surface area contributed by atoms with Crippen molar-refractivity contribution in [1.82, 2.24) is 14.3 Å². The van der Waals surface area contributed by atoms with Gasteiger partial charge < -0.3 is 5.11 Å². The van der Waals surface area contributed by atoms with Crippen LogP contribution in [0, 0.1) is 0 Å². The van der Waals surface area contributed by atoms with Crippen LogP contribution in [0.2, 0.25) is 0 Å².